The molecule has 3 rings (SSSR count). The Morgan fingerprint density at radius 2 is 2.07 bits per heavy atom. The molecule has 0 spiro atoms. The van der Waals surface area contributed by atoms with E-state index in [4.69, 9.17) is 21.7 Å². The highest BCUT2D eigenvalue weighted by Crippen LogP contribution is 2.31. The van der Waals surface area contributed by atoms with Crippen LogP contribution in [-0.4, -0.2) is 29.9 Å². The largest absolute Gasteiger partial charge is 0.493 e. The predicted octanol–water partition coefficient (Wildman–Crippen LogP) is 3.51. The van der Waals surface area contributed by atoms with Gasteiger partial charge in [-0.05, 0) is 48.4 Å². The Bertz CT molecular complexity index is 972. The Balaban J connectivity index is 1.65. The maximum Gasteiger partial charge on any atom is 0.263 e. The number of ether oxygens (including phenoxy) is 2. The molecule has 2 aromatic carbocycles. The summed E-state index contributed by atoms with van der Waals surface area (Å²) in [5.74, 6) is 0.403. The van der Waals surface area contributed by atoms with Crippen molar-refractivity contribution in [3.8, 4) is 11.5 Å². The predicted molar refractivity (Wildman–Crippen MR) is 115 cm³/mol. The van der Waals surface area contributed by atoms with Gasteiger partial charge in [0, 0.05) is 5.69 Å². The highest BCUT2D eigenvalue weighted by atomic mass is 32.2. The van der Waals surface area contributed by atoms with Crippen LogP contribution >= 0.6 is 24.0 Å². The van der Waals surface area contributed by atoms with Gasteiger partial charge in [-0.3, -0.25) is 9.59 Å². The lowest BCUT2D eigenvalue weighted by molar-refractivity contribution is -0.118. The van der Waals surface area contributed by atoms with E-state index in [1.54, 1.807) is 24.3 Å². The first-order valence-electron chi connectivity index (χ1n) is 8.37. The van der Waals surface area contributed by atoms with Gasteiger partial charge in [0.2, 0.25) is 0 Å². The average molecular weight is 415 g/mol. The Hall–Kier alpha value is -2.84. The minimum Gasteiger partial charge on any atom is -0.493 e. The van der Waals surface area contributed by atoms with Crippen molar-refractivity contribution in [2.75, 3.05) is 19.0 Å². The molecule has 2 N–H and O–H groups in total. The highest BCUT2D eigenvalue weighted by molar-refractivity contribution is 8.26. The highest BCUT2D eigenvalue weighted by Gasteiger charge is 2.22. The molecule has 1 aliphatic rings. The van der Waals surface area contributed by atoms with Gasteiger partial charge in [0.25, 0.3) is 11.8 Å². The first-order chi connectivity index (χ1) is 13.4. The topological polar surface area (TPSA) is 76.7 Å². The van der Waals surface area contributed by atoms with E-state index in [1.807, 2.05) is 31.2 Å². The minimum atomic E-state index is -0.272. The molecule has 0 bridgehead atoms. The fraction of sp³-hybridized carbons (Fsp3) is 0.150. The molecule has 8 heteroatoms. The van der Waals surface area contributed by atoms with Gasteiger partial charge in [-0.25, -0.2) is 0 Å². The molecule has 0 aromatic heterocycles. The molecular formula is C20H18N2O4S2. The number of amides is 2. The molecule has 0 radical (unpaired) electrons. The molecule has 28 heavy (non-hydrogen) atoms. The van der Waals surface area contributed by atoms with Gasteiger partial charge in [0.1, 0.15) is 4.32 Å². The van der Waals surface area contributed by atoms with Crippen molar-refractivity contribution < 1.29 is 19.1 Å². The van der Waals surface area contributed by atoms with E-state index in [9.17, 15) is 9.59 Å². The number of nitrogens with one attached hydrogen (secondary N) is 2. The Morgan fingerprint density at radius 1 is 1.25 bits per heavy atom. The van der Waals surface area contributed by atoms with Gasteiger partial charge in [-0.2, -0.15) is 0 Å². The number of hydrogen-bond acceptors (Lipinski definition) is 6. The smallest absolute Gasteiger partial charge is 0.263 e. The van der Waals surface area contributed by atoms with E-state index in [0.717, 1.165) is 11.1 Å². The molecule has 1 heterocycles. The third-order valence-electron chi connectivity index (χ3n) is 3.79. The van der Waals surface area contributed by atoms with Crippen LogP contribution in [0.3, 0.4) is 0 Å². The van der Waals surface area contributed by atoms with E-state index in [-0.39, 0.29) is 18.4 Å². The zero-order valence-corrected chi connectivity index (χ0v) is 16.9. The van der Waals surface area contributed by atoms with Gasteiger partial charge < -0.3 is 20.1 Å². The first kappa shape index (κ1) is 19.9. The van der Waals surface area contributed by atoms with Crippen LogP contribution in [0, 0.1) is 6.92 Å². The zero-order chi connectivity index (χ0) is 20.1. The number of rotatable bonds is 6. The standard InChI is InChI=1S/C20H18N2O4S2/c1-12-4-3-5-14(8-12)21-18(23)11-26-15-7-6-13(9-16(15)25-2)10-17-19(24)22-20(27)28-17/h3-10H,11H2,1-2H3,(H,21,23)(H,22,24,27)/b17-10-. The summed E-state index contributed by atoms with van der Waals surface area (Å²) in [4.78, 5) is 24.4. The fourth-order valence-corrected chi connectivity index (χ4v) is 3.57. The number of benzene rings is 2. The van der Waals surface area contributed by atoms with E-state index in [2.05, 4.69) is 10.6 Å². The molecule has 1 aliphatic heterocycles. The molecule has 1 fully saturated rings. The molecule has 2 aromatic rings. The molecular weight excluding hydrogens is 396 g/mol. The van der Waals surface area contributed by atoms with Gasteiger partial charge in [-0.15, -0.1) is 0 Å². The van der Waals surface area contributed by atoms with E-state index in [0.29, 0.717) is 26.4 Å². The lowest BCUT2D eigenvalue weighted by Crippen LogP contribution is -2.20. The van der Waals surface area contributed by atoms with Crippen LogP contribution in [0.1, 0.15) is 11.1 Å². The van der Waals surface area contributed by atoms with Crippen LogP contribution < -0.4 is 20.1 Å². The Labute approximate surface area is 172 Å². The molecule has 0 saturated carbocycles. The first-order valence-corrected chi connectivity index (χ1v) is 9.59. The number of thiocarbonyl (C=S) groups is 1. The number of aryl methyl sites for hydroxylation is 1. The lowest BCUT2D eigenvalue weighted by atomic mass is 10.2. The quantitative estimate of drug-likeness (QED) is 0.557. The number of thioether (sulfide) groups is 1. The fourth-order valence-electron chi connectivity index (χ4n) is 2.53. The lowest BCUT2D eigenvalue weighted by Gasteiger charge is -2.12. The summed E-state index contributed by atoms with van der Waals surface area (Å²) in [6.07, 6.45) is 1.72. The van der Waals surface area contributed by atoms with Crippen LogP contribution in [0.4, 0.5) is 5.69 Å². The summed E-state index contributed by atoms with van der Waals surface area (Å²) in [5, 5.41) is 5.36. The third-order valence-corrected chi connectivity index (χ3v) is 4.95. The molecule has 0 unspecified atom stereocenters. The van der Waals surface area contributed by atoms with Gasteiger partial charge >= 0.3 is 0 Å². The number of methoxy groups -OCH3 is 1. The third kappa shape index (κ3) is 5.11. The maximum absolute atomic E-state index is 12.1. The normalized spacial score (nSPS) is 14.7. The number of hydrogen-bond donors (Lipinski definition) is 2. The van der Waals surface area contributed by atoms with Crippen LogP contribution in [0.2, 0.25) is 0 Å². The number of carbonyl (C=O) groups is 2. The Kier molecular flexibility index (Phi) is 6.33. The number of anilines is 1. The van der Waals surface area contributed by atoms with Crippen molar-refractivity contribution in [2.24, 2.45) is 0 Å². The molecule has 1 saturated heterocycles. The van der Waals surface area contributed by atoms with Crippen molar-refractivity contribution in [2.45, 2.75) is 6.92 Å². The summed E-state index contributed by atoms with van der Waals surface area (Å²) in [6.45, 7) is 1.80. The second-order valence-electron chi connectivity index (χ2n) is 5.97. The monoisotopic (exact) mass is 414 g/mol. The number of carbonyl (C=O) groups excluding carboxylic acids is 2. The summed E-state index contributed by atoms with van der Waals surface area (Å²) in [7, 11) is 1.51. The summed E-state index contributed by atoms with van der Waals surface area (Å²) < 4.78 is 11.4. The zero-order valence-electron chi connectivity index (χ0n) is 15.3. The van der Waals surface area contributed by atoms with Crippen LogP contribution in [0.5, 0.6) is 11.5 Å². The second-order valence-corrected chi connectivity index (χ2v) is 7.69. The van der Waals surface area contributed by atoms with Gasteiger partial charge in [-0.1, -0.05) is 42.2 Å². The van der Waals surface area contributed by atoms with Gasteiger partial charge in [0.15, 0.2) is 18.1 Å². The summed E-state index contributed by atoms with van der Waals surface area (Å²) >= 11 is 6.19. The van der Waals surface area contributed by atoms with Crippen LogP contribution in [-0.2, 0) is 9.59 Å². The SMILES string of the molecule is COc1cc(/C=C2\SC(=S)NC2=O)ccc1OCC(=O)Nc1cccc(C)c1. The van der Waals surface area contributed by atoms with Crippen molar-refractivity contribution in [1.82, 2.24) is 5.32 Å². The Morgan fingerprint density at radius 3 is 2.75 bits per heavy atom. The average Bonchev–Trinajstić information content (AvgIpc) is 2.97. The van der Waals surface area contributed by atoms with Crippen molar-refractivity contribution >= 4 is 51.9 Å². The van der Waals surface area contributed by atoms with Crippen LogP contribution in [0.25, 0.3) is 6.08 Å². The summed E-state index contributed by atoms with van der Waals surface area (Å²) in [6, 6.07) is 12.7. The van der Waals surface area contributed by atoms with E-state index >= 15 is 0 Å². The molecule has 2 amide bonds. The molecule has 0 aliphatic carbocycles. The molecule has 6 nitrogen and oxygen atoms in total. The van der Waals surface area contributed by atoms with E-state index < -0.39 is 0 Å². The maximum atomic E-state index is 12.1. The van der Waals surface area contributed by atoms with Crippen LogP contribution in [0.15, 0.2) is 47.4 Å². The van der Waals surface area contributed by atoms with Crippen molar-refractivity contribution in [1.29, 1.82) is 0 Å². The van der Waals surface area contributed by atoms with Crippen molar-refractivity contribution in [3.05, 3.63) is 58.5 Å². The van der Waals surface area contributed by atoms with Crippen molar-refractivity contribution in [3.63, 3.8) is 0 Å². The second kappa shape index (κ2) is 8.90. The summed E-state index contributed by atoms with van der Waals surface area (Å²) in [5.41, 5.74) is 2.53. The minimum absolute atomic E-state index is 0.155. The van der Waals surface area contributed by atoms with E-state index in [1.165, 1.54) is 18.9 Å². The molecule has 144 valence electrons. The van der Waals surface area contributed by atoms with Gasteiger partial charge in [0.05, 0.1) is 12.0 Å². The molecule has 0 atom stereocenters.